The minimum absolute atomic E-state index is 0.134. The van der Waals surface area contributed by atoms with Crippen LogP contribution in [-0.2, 0) is 4.74 Å². The molecule has 0 spiro atoms. The van der Waals surface area contributed by atoms with E-state index < -0.39 is 0 Å². The molecule has 0 aliphatic carbocycles. The zero-order chi connectivity index (χ0) is 15.2. The highest BCUT2D eigenvalue weighted by Crippen LogP contribution is 2.25. The van der Waals surface area contributed by atoms with Crippen molar-refractivity contribution in [1.29, 1.82) is 0 Å². The van der Waals surface area contributed by atoms with Crippen LogP contribution in [0.2, 0.25) is 0 Å². The summed E-state index contributed by atoms with van der Waals surface area (Å²) < 4.78 is 11.3. The number of aromatic nitrogens is 1. The SMILES string of the molecule is CCNC(c1cncc(OC)c1)C1CN(C(C)C)CCO1. The maximum Gasteiger partial charge on any atom is 0.137 e. The lowest BCUT2D eigenvalue weighted by Crippen LogP contribution is -2.50. The van der Waals surface area contributed by atoms with Gasteiger partial charge in [-0.05, 0) is 32.0 Å². The van der Waals surface area contributed by atoms with Crippen LogP contribution in [0.3, 0.4) is 0 Å². The third-order valence-electron chi connectivity index (χ3n) is 3.98. The van der Waals surface area contributed by atoms with E-state index in [1.807, 2.05) is 12.3 Å². The van der Waals surface area contributed by atoms with E-state index in [2.05, 4.69) is 36.0 Å². The molecule has 1 saturated heterocycles. The molecule has 0 amide bonds. The Morgan fingerprint density at radius 1 is 1.48 bits per heavy atom. The van der Waals surface area contributed by atoms with Crippen molar-refractivity contribution in [2.45, 2.75) is 39.0 Å². The molecule has 1 N–H and O–H groups in total. The molecule has 1 aromatic heterocycles. The molecule has 2 unspecified atom stereocenters. The molecule has 21 heavy (non-hydrogen) atoms. The van der Waals surface area contributed by atoms with Crippen LogP contribution in [0, 0.1) is 0 Å². The first-order valence-corrected chi connectivity index (χ1v) is 7.73. The zero-order valence-corrected chi connectivity index (χ0v) is 13.5. The monoisotopic (exact) mass is 293 g/mol. The summed E-state index contributed by atoms with van der Waals surface area (Å²) >= 11 is 0. The first kappa shape index (κ1) is 16.2. The first-order valence-electron chi connectivity index (χ1n) is 7.73. The fraction of sp³-hybridized carbons (Fsp3) is 0.688. The number of morpholine rings is 1. The minimum atomic E-state index is 0.134. The van der Waals surface area contributed by atoms with Crippen molar-refractivity contribution >= 4 is 0 Å². The average molecular weight is 293 g/mol. The highest BCUT2D eigenvalue weighted by atomic mass is 16.5. The summed E-state index contributed by atoms with van der Waals surface area (Å²) in [5.41, 5.74) is 1.12. The third kappa shape index (κ3) is 4.15. The molecule has 2 rings (SSSR count). The maximum atomic E-state index is 6.03. The average Bonchev–Trinajstić information content (AvgIpc) is 2.52. The maximum absolute atomic E-state index is 6.03. The molecule has 0 radical (unpaired) electrons. The van der Waals surface area contributed by atoms with Gasteiger partial charge in [-0.15, -0.1) is 0 Å². The highest BCUT2D eigenvalue weighted by Gasteiger charge is 2.30. The molecular formula is C16H27N3O2. The number of hydrogen-bond acceptors (Lipinski definition) is 5. The third-order valence-corrected chi connectivity index (χ3v) is 3.98. The summed E-state index contributed by atoms with van der Waals surface area (Å²) in [4.78, 5) is 6.74. The van der Waals surface area contributed by atoms with Crippen LogP contribution in [0.15, 0.2) is 18.5 Å². The van der Waals surface area contributed by atoms with E-state index in [1.54, 1.807) is 13.3 Å². The van der Waals surface area contributed by atoms with Crippen molar-refractivity contribution in [1.82, 2.24) is 15.2 Å². The van der Waals surface area contributed by atoms with Gasteiger partial charge in [-0.3, -0.25) is 9.88 Å². The van der Waals surface area contributed by atoms with Crippen molar-refractivity contribution in [2.24, 2.45) is 0 Å². The number of ether oxygens (including phenoxy) is 2. The van der Waals surface area contributed by atoms with Gasteiger partial charge in [0.1, 0.15) is 5.75 Å². The second-order valence-electron chi connectivity index (χ2n) is 5.69. The number of nitrogens with one attached hydrogen (secondary N) is 1. The molecule has 1 aliphatic heterocycles. The van der Waals surface area contributed by atoms with E-state index >= 15 is 0 Å². The van der Waals surface area contributed by atoms with Gasteiger partial charge < -0.3 is 14.8 Å². The Bertz CT molecular complexity index is 439. The summed E-state index contributed by atoms with van der Waals surface area (Å²) in [5, 5.41) is 3.53. The van der Waals surface area contributed by atoms with E-state index in [0.717, 1.165) is 37.6 Å². The number of methoxy groups -OCH3 is 1. The number of rotatable bonds is 6. The molecule has 0 saturated carbocycles. The second-order valence-corrected chi connectivity index (χ2v) is 5.69. The van der Waals surface area contributed by atoms with Gasteiger partial charge in [0.2, 0.25) is 0 Å². The van der Waals surface area contributed by atoms with Crippen molar-refractivity contribution in [3.63, 3.8) is 0 Å². The Hall–Kier alpha value is -1.17. The van der Waals surface area contributed by atoms with E-state index in [-0.39, 0.29) is 12.1 Å². The van der Waals surface area contributed by atoms with Gasteiger partial charge in [-0.25, -0.2) is 0 Å². The van der Waals surface area contributed by atoms with Crippen LogP contribution in [0.5, 0.6) is 5.75 Å². The van der Waals surface area contributed by atoms with Gasteiger partial charge in [0.05, 0.1) is 32.1 Å². The van der Waals surface area contributed by atoms with Gasteiger partial charge in [0, 0.05) is 25.3 Å². The standard InChI is InChI=1S/C16H27N3O2/c1-5-18-16(13-8-14(20-4)10-17-9-13)15-11-19(12(2)3)6-7-21-15/h8-10,12,15-16,18H,5-7,11H2,1-4H3. The Labute approximate surface area is 127 Å². The van der Waals surface area contributed by atoms with Crippen LogP contribution in [0.4, 0.5) is 0 Å². The predicted octanol–water partition coefficient (Wildman–Crippen LogP) is 1.85. The van der Waals surface area contributed by atoms with Gasteiger partial charge in [-0.1, -0.05) is 6.92 Å². The minimum Gasteiger partial charge on any atom is -0.495 e. The van der Waals surface area contributed by atoms with Gasteiger partial charge in [0.25, 0.3) is 0 Å². The Morgan fingerprint density at radius 3 is 2.95 bits per heavy atom. The molecule has 2 atom stereocenters. The number of hydrogen-bond donors (Lipinski definition) is 1. The Kier molecular flexibility index (Phi) is 5.96. The fourth-order valence-electron chi connectivity index (χ4n) is 2.77. The van der Waals surface area contributed by atoms with E-state index in [4.69, 9.17) is 9.47 Å². The van der Waals surface area contributed by atoms with Gasteiger partial charge in [-0.2, -0.15) is 0 Å². The Morgan fingerprint density at radius 2 is 2.29 bits per heavy atom. The number of likely N-dealkylation sites (N-methyl/N-ethyl adjacent to an activating group) is 1. The molecule has 2 heterocycles. The second kappa shape index (κ2) is 7.73. The van der Waals surface area contributed by atoms with Crippen LogP contribution in [-0.4, -0.2) is 55.4 Å². The van der Waals surface area contributed by atoms with Crippen molar-refractivity contribution < 1.29 is 9.47 Å². The van der Waals surface area contributed by atoms with Crippen LogP contribution in [0.1, 0.15) is 32.4 Å². The van der Waals surface area contributed by atoms with Gasteiger partial charge >= 0.3 is 0 Å². The lowest BCUT2D eigenvalue weighted by atomic mass is 10.0. The molecule has 1 fully saturated rings. The smallest absolute Gasteiger partial charge is 0.137 e. The summed E-state index contributed by atoms with van der Waals surface area (Å²) in [6, 6.07) is 2.72. The molecule has 118 valence electrons. The van der Waals surface area contributed by atoms with Crippen molar-refractivity contribution in [2.75, 3.05) is 33.4 Å². The quantitative estimate of drug-likeness (QED) is 0.867. The zero-order valence-electron chi connectivity index (χ0n) is 13.5. The molecular weight excluding hydrogens is 266 g/mol. The molecule has 5 nitrogen and oxygen atoms in total. The molecule has 0 bridgehead atoms. The Balaban J connectivity index is 2.17. The topological polar surface area (TPSA) is 46.6 Å². The molecule has 0 aromatic carbocycles. The normalized spacial score (nSPS) is 21.5. The summed E-state index contributed by atoms with van der Waals surface area (Å²) in [5.74, 6) is 0.784. The van der Waals surface area contributed by atoms with Crippen molar-refractivity contribution in [3.05, 3.63) is 24.0 Å². The van der Waals surface area contributed by atoms with Crippen LogP contribution < -0.4 is 10.1 Å². The van der Waals surface area contributed by atoms with Crippen LogP contribution in [0.25, 0.3) is 0 Å². The first-order chi connectivity index (χ1) is 10.2. The van der Waals surface area contributed by atoms with E-state index in [9.17, 15) is 0 Å². The van der Waals surface area contributed by atoms with E-state index in [1.165, 1.54) is 0 Å². The predicted molar refractivity (Wildman–Crippen MR) is 83.7 cm³/mol. The number of pyridine rings is 1. The lowest BCUT2D eigenvalue weighted by Gasteiger charge is -2.39. The summed E-state index contributed by atoms with van der Waals surface area (Å²) in [7, 11) is 1.67. The fourth-order valence-corrected chi connectivity index (χ4v) is 2.77. The summed E-state index contributed by atoms with van der Waals surface area (Å²) in [6.07, 6.45) is 3.76. The highest BCUT2D eigenvalue weighted by molar-refractivity contribution is 5.27. The lowest BCUT2D eigenvalue weighted by molar-refractivity contribution is -0.0559. The molecule has 1 aliphatic rings. The van der Waals surface area contributed by atoms with Crippen molar-refractivity contribution in [3.8, 4) is 5.75 Å². The number of nitrogens with zero attached hydrogens (tertiary/aromatic N) is 2. The largest absolute Gasteiger partial charge is 0.495 e. The van der Waals surface area contributed by atoms with Crippen LogP contribution >= 0.6 is 0 Å². The summed E-state index contributed by atoms with van der Waals surface area (Å²) in [6.45, 7) is 10.2. The van der Waals surface area contributed by atoms with Gasteiger partial charge in [0.15, 0.2) is 0 Å². The van der Waals surface area contributed by atoms with E-state index in [0.29, 0.717) is 6.04 Å². The molecule has 5 heteroatoms. The molecule has 1 aromatic rings.